The predicted octanol–water partition coefficient (Wildman–Crippen LogP) is 2.97. The van der Waals surface area contributed by atoms with Crippen molar-refractivity contribution >= 4 is 17.9 Å². The quantitative estimate of drug-likeness (QED) is 0.272. The first-order valence-corrected chi connectivity index (χ1v) is 3.58. The first-order chi connectivity index (χ1) is 5.24. The fourth-order valence-electron chi connectivity index (χ4n) is 0. The van der Waals surface area contributed by atoms with Crippen LogP contribution in [0.15, 0.2) is 38.0 Å². The standard InChI is InChI=1S/C3H5Cl.C3H4O.C3H6/c2*1-2-3-4;1-3-2/h2H,1,3H2;2-3H,1H2;3H,1H2,2H3. The second-order valence-electron chi connectivity index (χ2n) is 1.22. The molecule has 0 atom stereocenters. The Morgan fingerprint density at radius 3 is 1.55 bits per heavy atom. The zero-order valence-electron chi connectivity index (χ0n) is 6.92. The topological polar surface area (TPSA) is 17.1 Å². The number of hydrogen-bond donors (Lipinski definition) is 0. The van der Waals surface area contributed by atoms with Gasteiger partial charge in [-0.3, -0.25) is 4.79 Å². The molecule has 0 spiro atoms. The Hall–Kier alpha value is -0.820. The molecule has 0 aromatic heterocycles. The second-order valence-corrected chi connectivity index (χ2v) is 1.53. The Balaban J connectivity index is -0.0000000886. The third-order valence-electron chi connectivity index (χ3n) is 0.205. The summed E-state index contributed by atoms with van der Waals surface area (Å²) in [6.07, 6.45) is 5.22. The van der Waals surface area contributed by atoms with Gasteiger partial charge in [0.25, 0.3) is 0 Å². The Morgan fingerprint density at radius 2 is 1.55 bits per heavy atom. The minimum Gasteiger partial charge on any atom is -0.299 e. The molecule has 0 saturated heterocycles. The van der Waals surface area contributed by atoms with E-state index in [0.717, 1.165) is 0 Å². The summed E-state index contributed by atoms with van der Waals surface area (Å²) in [5.41, 5.74) is 0. The number of halogens is 1. The van der Waals surface area contributed by atoms with Crippen LogP contribution in [-0.2, 0) is 4.79 Å². The van der Waals surface area contributed by atoms with E-state index in [0.29, 0.717) is 12.2 Å². The molecule has 1 nitrogen and oxygen atoms in total. The lowest BCUT2D eigenvalue weighted by Gasteiger charge is -1.55. The van der Waals surface area contributed by atoms with Crippen molar-refractivity contribution in [1.82, 2.24) is 0 Å². The Bertz CT molecular complexity index is 91.7. The fourth-order valence-corrected chi connectivity index (χ4v) is 0. The van der Waals surface area contributed by atoms with Crippen molar-refractivity contribution in [1.29, 1.82) is 0 Å². The number of allylic oxidation sites excluding steroid dienone is 3. The molecule has 0 aliphatic rings. The van der Waals surface area contributed by atoms with Crippen LogP contribution >= 0.6 is 11.6 Å². The van der Waals surface area contributed by atoms with Crippen LogP contribution in [0.25, 0.3) is 0 Å². The number of aldehydes is 1. The van der Waals surface area contributed by atoms with Gasteiger partial charge in [0.15, 0.2) is 0 Å². The molecule has 0 aromatic rings. The van der Waals surface area contributed by atoms with Gasteiger partial charge in [-0.15, -0.1) is 24.8 Å². The molecule has 0 aliphatic carbocycles. The average Bonchev–Trinajstić information content (AvgIpc) is 2.06. The molecule has 2 heteroatoms. The van der Waals surface area contributed by atoms with E-state index in [1.807, 2.05) is 6.92 Å². The summed E-state index contributed by atoms with van der Waals surface area (Å²) >= 11 is 5.07. The van der Waals surface area contributed by atoms with Crippen LogP contribution in [0.4, 0.5) is 0 Å². The highest BCUT2D eigenvalue weighted by molar-refractivity contribution is 6.18. The van der Waals surface area contributed by atoms with Crippen LogP contribution in [0, 0.1) is 0 Å². The van der Waals surface area contributed by atoms with Gasteiger partial charge in [-0.05, 0) is 13.0 Å². The second kappa shape index (κ2) is 35.2. The number of rotatable bonds is 2. The van der Waals surface area contributed by atoms with E-state index in [4.69, 9.17) is 16.4 Å². The maximum Gasteiger partial charge on any atom is 0.142 e. The molecule has 0 fully saturated rings. The van der Waals surface area contributed by atoms with Gasteiger partial charge in [0.2, 0.25) is 0 Å². The summed E-state index contributed by atoms with van der Waals surface area (Å²) in [4.78, 5) is 9.06. The number of alkyl halides is 1. The summed E-state index contributed by atoms with van der Waals surface area (Å²) in [5, 5.41) is 0. The summed E-state index contributed by atoms with van der Waals surface area (Å²) in [6.45, 7) is 11.7. The lowest BCUT2D eigenvalue weighted by molar-refractivity contribution is -0.104. The third-order valence-corrected chi connectivity index (χ3v) is 0.424. The number of carbonyl (C=O) groups excluding carboxylic acids is 1. The molecular weight excluding hydrogens is 160 g/mol. The molecule has 0 unspecified atom stereocenters. The van der Waals surface area contributed by atoms with Gasteiger partial charge in [0, 0.05) is 5.88 Å². The molecule has 11 heavy (non-hydrogen) atoms. The van der Waals surface area contributed by atoms with E-state index in [9.17, 15) is 0 Å². The maximum absolute atomic E-state index is 9.06. The molecule has 0 aromatic carbocycles. The minimum absolute atomic E-state index is 0.556. The van der Waals surface area contributed by atoms with Crippen molar-refractivity contribution in [3.05, 3.63) is 38.0 Å². The molecule has 0 radical (unpaired) electrons. The van der Waals surface area contributed by atoms with E-state index < -0.39 is 0 Å². The Morgan fingerprint density at radius 1 is 1.36 bits per heavy atom. The Kier molecular flexibility index (Phi) is 53.2. The van der Waals surface area contributed by atoms with Gasteiger partial charge in [-0.25, -0.2) is 0 Å². The van der Waals surface area contributed by atoms with Gasteiger partial charge in [-0.1, -0.05) is 18.7 Å². The Labute approximate surface area is 74.1 Å². The number of hydrogen-bond acceptors (Lipinski definition) is 1. The third kappa shape index (κ3) is 340. The van der Waals surface area contributed by atoms with Crippen LogP contribution in [-0.4, -0.2) is 12.2 Å². The van der Waals surface area contributed by atoms with Crippen LogP contribution in [0.2, 0.25) is 0 Å². The molecule has 0 aliphatic heterocycles. The SMILES string of the molecule is C=CC.C=CC=O.C=CCCl. The summed E-state index contributed by atoms with van der Waals surface area (Å²) < 4.78 is 0. The number of carbonyl (C=O) groups is 1. The zero-order valence-corrected chi connectivity index (χ0v) is 7.68. The van der Waals surface area contributed by atoms with E-state index in [1.165, 1.54) is 6.08 Å². The van der Waals surface area contributed by atoms with Gasteiger partial charge in [-0.2, -0.15) is 0 Å². The van der Waals surface area contributed by atoms with Crippen molar-refractivity contribution < 1.29 is 4.79 Å². The van der Waals surface area contributed by atoms with E-state index in [-0.39, 0.29) is 0 Å². The van der Waals surface area contributed by atoms with Crippen molar-refractivity contribution in [2.45, 2.75) is 6.92 Å². The van der Waals surface area contributed by atoms with Gasteiger partial charge >= 0.3 is 0 Å². The summed E-state index contributed by atoms with van der Waals surface area (Å²) in [7, 11) is 0. The molecule has 0 amide bonds. The highest BCUT2D eigenvalue weighted by Crippen LogP contribution is 1.67. The lowest BCUT2D eigenvalue weighted by atomic mass is 10.8. The van der Waals surface area contributed by atoms with E-state index in [2.05, 4.69) is 19.7 Å². The van der Waals surface area contributed by atoms with Crippen molar-refractivity contribution in [3.63, 3.8) is 0 Å². The highest BCUT2D eigenvalue weighted by atomic mass is 35.5. The highest BCUT2D eigenvalue weighted by Gasteiger charge is 1.48. The van der Waals surface area contributed by atoms with Crippen LogP contribution in [0.1, 0.15) is 6.92 Å². The van der Waals surface area contributed by atoms with Crippen molar-refractivity contribution in [2.24, 2.45) is 0 Å². The van der Waals surface area contributed by atoms with E-state index >= 15 is 0 Å². The first-order valence-electron chi connectivity index (χ1n) is 3.05. The minimum atomic E-state index is 0.556. The van der Waals surface area contributed by atoms with Crippen molar-refractivity contribution in [3.8, 4) is 0 Å². The van der Waals surface area contributed by atoms with Gasteiger partial charge in [0.1, 0.15) is 6.29 Å². The fraction of sp³-hybridized carbons (Fsp3) is 0.222. The normalized spacial score (nSPS) is 5.27. The monoisotopic (exact) mass is 174 g/mol. The smallest absolute Gasteiger partial charge is 0.142 e. The molecule has 0 saturated carbocycles. The average molecular weight is 175 g/mol. The largest absolute Gasteiger partial charge is 0.299 e. The van der Waals surface area contributed by atoms with E-state index in [1.54, 1.807) is 12.2 Å². The molecule has 0 N–H and O–H groups in total. The molecule has 64 valence electrons. The zero-order chi connectivity index (χ0) is 9.54. The van der Waals surface area contributed by atoms with Crippen LogP contribution in [0.3, 0.4) is 0 Å². The van der Waals surface area contributed by atoms with Crippen LogP contribution < -0.4 is 0 Å². The molecule has 0 bridgehead atoms. The first kappa shape index (κ1) is 16.6. The molecule has 0 rings (SSSR count). The summed E-state index contributed by atoms with van der Waals surface area (Å²) in [5.74, 6) is 0.556. The maximum atomic E-state index is 9.06. The predicted molar refractivity (Wildman–Crippen MR) is 53.0 cm³/mol. The molecule has 0 heterocycles. The van der Waals surface area contributed by atoms with Crippen molar-refractivity contribution in [2.75, 3.05) is 5.88 Å². The van der Waals surface area contributed by atoms with Gasteiger partial charge in [0.05, 0.1) is 0 Å². The van der Waals surface area contributed by atoms with Crippen LogP contribution in [0.5, 0.6) is 0 Å². The summed E-state index contributed by atoms with van der Waals surface area (Å²) in [6, 6.07) is 0. The van der Waals surface area contributed by atoms with Gasteiger partial charge < -0.3 is 0 Å². The molecular formula is C9H15ClO. The lowest BCUT2D eigenvalue weighted by Crippen LogP contribution is -1.45.